The Hall–Kier alpha value is -0.870. The van der Waals surface area contributed by atoms with Crippen molar-refractivity contribution in [1.29, 1.82) is 0 Å². The maximum Gasteiger partial charge on any atom is 0.0522 e. The van der Waals surface area contributed by atoms with Crippen LogP contribution in [0.3, 0.4) is 0 Å². The molecule has 1 aromatic heterocycles. The molecule has 2 unspecified atom stereocenters. The normalized spacial score (nSPS) is 25.1. The van der Waals surface area contributed by atoms with Crippen molar-refractivity contribution in [1.82, 2.24) is 20.0 Å². The molecular weight excluding hydrogens is 248 g/mol. The van der Waals surface area contributed by atoms with Crippen molar-refractivity contribution < 1.29 is 0 Å². The number of aryl methyl sites for hydroxylation is 1. The molecule has 1 N–H and O–H groups in total. The van der Waals surface area contributed by atoms with E-state index < -0.39 is 0 Å². The van der Waals surface area contributed by atoms with Crippen LogP contribution in [0.2, 0.25) is 0 Å². The van der Waals surface area contributed by atoms with Gasteiger partial charge in [-0.25, -0.2) is 0 Å². The van der Waals surface area contributed by atoms with E-state index in [-0.39, 0.29) is 0 Å². The number of rotatable bonds is 4. The summed E-state index contributed by atoms with van der Waals surface area (Å²) in [7, 11) is 1.99. The first kappa shape index (κ1) is 15.5. The summed E-state index contributed by atoms with van der Waals surface area (Å²) >= 11 is 0. The third-order valence-electron chi connectivity index (χ3n) is 4.43. The highest BCUT2D eigenvalue weighted by atomic mass is 15.3. The number of piperazine rings is 1. The Morgan fingerprint density at radius 2 is 2.15 bits per heavy atom. The first-order valence-corrected chi connectivity index (χ1v) is 7.85. The molecule has 20 heavy (non-hydrogen) atoms. The third kappa shape index (κ3) is 3.83. The molecular formula is C16H30N4. The molecule has 1 saturated heterocycles. The van der Waals surface area contributed by atoms with E-state index >= 15 is 0 Å². The minimum absolute atomic E-state index is 0.320. The van der Waals surface area contributed by atoms with Gasteiger partial charge in [-0.15, -0.1) is 0 Å². The van der Waals surface area contributed by atoms with Crippen LogP contribution in [0, 0.1) is 5.41 Å². The summed E-state index contributed by atoms with van der Waals surface area (Å²) in [6.07, 6.45) is 6.42. The molecule has 1 aliphatic rings. The lowest BCUT2D eigenvalue weighted by atomic mass is 9.83. The van der Waals surface area contributed by atoms with Gasteiger partial charge in [-0.05, 0) is 23.8 Å². The van der Waals surface area contributed by atoms with E-state index in [9.17, 15) is 0 Å². The minimum Gasteiger partial charge on any atom is -0.311 e. The van der Waals surface area contributed by atoms with Crippen LogP contribution in [0.25, 0.3) is 0 Å². The summed E-state index contributed by atoms with van der Waals surface area (Å²) in [4.78, 5) is 2.68. The molecule has 1 aliphatic heterocycles. The van der Waals surface area contributed by atoms with Crippen molar-refractivity contribution in [2.75, 3.05) is 19.6 Å². The Morgan fingerprint density at radius 1 is 1.40 bits per heavy atom. The Balaban J connectivity index is 1.99. The highest BCUT2D eigenvalue weighted by molar-refractivity contribution is 5.05. The van der Waals surface area contributed by atoms with Crippen molar-refractivity contribution >= 4 is 0 Å². The van der Waals surface area contributed by atoms with Gasteiger partial charge in [0.1, 0.15) is 0 Å². The van der Waals surface area contributed by atoms with E-state index in [1.807, 2.05) is 17.9 Å². The van der Waals surface area contributed by atoms with Crippen LogP contribution < -0.4 is 5.32 Å². The van der Waals surface area contributed by atoms with E-state index in [4.69, 9.17) is 0 Å². The fourth-order valence-corrected chi connectivity index (χ4v) is 3.13. The average Bonchev–Trinajstić information content (AvgIpc) is 2.80. The number of nitrogens with zero attached hydrogens (tertiary/aromatic N) is 3. The quantitative estimate of drug-likeness (QED) is 0.915. The first-order chi connectivity index (χ1) is 9.40. The van der Waals surface area contributed by atoms with E-state index in [1.54, 1.807) is 0 Å². The molecule has 0 amide bonds. The van der Waals surface area contributed by atoms with E-state index in [2.05, 4.69) is 49.2 Å². The van der Waals surface area contributed by atoms with E-state index in [1.165, 1.54) is 18.5 Å². The van der Waals surface area contributed by atoms with Crippen molar-refractivity contribution in [3.05, 3.63) is 18.0 Å². The standard InChI is InChI=1S/C16H30N4/c1-6-14-12-20(15(10-17-14)16(2,3)4)8-7-13-9-18-19(5)11-13/h9,11,14-15,17H,6-8,10,12H2,1-5H3. The fourth-order valence-electron chi connectivity index (χ4n) is 3.13. The number of hydrogen-bond donors (Lipinski definition) is 1. The van der Waals surface area contributed by atoms with Crippen LogP contribution in [0.5, 0.6) is 0 Å². The maximum atomic E-state index is 4.27. The molecule has 0 aromatic carbocycles. The highest BCUT2D eigenvalue weighted by Gasteiger charge is 2.34. The van der Waals surface area contributed by atoms with E-state index in [0.717, 1.165) is 19.5 Å². The Labute approximate surface area is 123 Å². The number of nitrogens with one attached hydrogen (secondary N) is 1. The second kappa shape index (κ2) is 6.27. The second-order valence-corrected chi connectivity index (χ2v) is 7.16. The lowest BCUT2D eigenvalue weighted by Gasteiger charge is -2.46. The maximum absolute atomic E-state index is 4.27. The molecule has 4 heteroatoms. The predicted molar refractivity (Wildman–Crippen MR) is 83.8 cm³/mol. The summed E-state index contributed by atoms with van der Waals surface area (Å²) in [5.41, 5.74) is 1.66. The zero-order valence-corrected chi connectivity index (χ0v) is 13.7. The SMILES string of the molecule is CCC1CN(CCc2cnn(C)c2)C(C(C)(C)C)CN1. The van der Waals surface area contributed by atoms with Crippen molar-refractivity contribution in [2.45, 2.75) is 52.6 Å². The van der Waals surface area contributed by atoms with Gasteiger partial charge in [-0.1, -0.05) is 27.7 Å². The van der Waals surface area contributed by atoms with Gasteiger partial charge >= 0.3 is 0 Å². The van der Waals surface area contributed by atoms with Crippen LogP contribution in [-0.2, 0) is 13.5 Å². The summed E-state index contributed by atoms with van der Waals surface area (Å²) < 4.78 is 1.89. The topological polar surface area (TPSA) is 33.1 Å². The molecule has 2 atom stereocenters. The number of aromatic nitrogens is 2. The zero-order chi connectivity index (χ0) is 14.8. The zero-order valence-electron chi connectivity index (χ0n) is 13.7. The minimum atomic E-state index is 0.320. The van der Waals surface area contributed by atoms with Crippen LogP contribution in [-0.4, -0.2) is 46.4 Å². The third-order valence-corrected chi connectivity index (χ3v) is 4.43. The highest BCUT2D eigenvalue weighted by Crippen LogP contribution is 2.27. The van der Waals surface area contributed by atoms with E-state index in [0.29, 0.717) is 17.5 Å². The molecule has 1 aromatic rings. The van der Waals surface area contributed by atoms with Gasteiger partial charge in [-0.3, -0.25) is 9.58 Å². The molecule has 0 radical (unpaired) electrons. The molecule has 2 heterocycles. The molecule has 1 fully saturated rings. The molecule has 0 saturated carbocycles. The van der Waals surface area contributed by atoms with Crippen molar-refractivity contribution in [3.63, 3.8) is 0 Å². The monoisotopic (exact) mass is 278 g/mol. The molecule has 0 bridgehead atoms. The lowest BCUT2D eigenvalue weighted by Crippen LogP contribution is -2.60. The van der Waals surface area contributed by atoms with Gasteiger partial charge in [0, 0.05) is 45.0 Å². The fraction of sp³-hybridized carbons (Fsp3) is 0.812. The summed E-state index contributed by atoms with van der Waals surface area (Å²) in [6, 6.07) is 1.25. The Kier molecular flexibility index (Phi) is 4.86. The van der Waals surface area contributed by atoms with Crippen LogP contribution >= 0.6 is 0 Å². The predicted octanol–water partition coefficient (Wildman–Crippen LogP) is 2.06. The van der Waals surface area contributed by atoms with Crippen molar-refractivity contribution in [3.8, 4) is 0 Å². The molecule has 0 spiro atoms. The molecule has 114 valence electrons. The van der Waals surface area contributed by atoms with Crippen LogP contribution in [0.1, 0.15) is 39.7 Å². The average molecular weight is 278 g/mol. The van der Waals surface area contributed by atoms with Crippen LogP contribution in [0.4, 0.5) is 0 Å². The van der Waals surface area contributed by atoms with Gasteiger partial charge in [0.15, 0.2) is 0 Å². The molecule has 2 rings (SSSR count). The van der Waals surface area contributed by atoms with Crippen molar-refractivity contribution in [2.24, 2.45) is 12.5 Å². The summed E-state index contributed by atoms with van der Waals surface area (Å²) in [6.45, 7) is 12.7. The summed E-state index contributed by atoms with van der Waals surface area (Å²) in [5, 5.41) is 7.96. The summed E-state index contributed by atoms with van der Waals surface area (Å²) in [5.74, 6) is 0. The van der Waals surface area contributed by atoms with Gasteiger partial charge < -0.3 is 5.32 Å². The van der Waals surface area contributed by atoms with Gasteiger partial charge in [-0.2, -0.15) is 5.10 Å². The molecule has 4 nitrogen and oxygen atoms in total. The van der Waals surface area contributed by atoms with Gasteiger partial charge in [0.25, 0.3) is 0 Å². The molecule has 0 aliphatic carbocycles. The first-order valence-electron chi connectivity index (χ1n) is 7.85. The van der Waals surface area contributed by atoms with Gasteiger partial charge in [0.05, 0.1) is 6.20 Å². The van der Waals surface area contributed by atoms with Crippen LogP contribution in [0.15, 0.2) is 12.4 Å². The van der Waals surface area contributed by atoms with Gasteiger partial charge in [0.2, 0.25) is 0 Å². The second-order valence-electron chi connectivity index (χ2n) is 7.16. The smallest absolute Gasteiger partial charge is 0.0522 e. The lowest BCUT2D eigenvalue weighted by molar-refractivity contribution is 0.0559. The largest absolute Gasteiger partial charge is 0.311 e. The Bertz CT molecular complexity index is 418. The number of hydrogen-bond acceptors (Lipinski definition) is 3. The Morgan fingerprint density at radius 3 is 2.70 bits per heavy atom.